The minimum absolute atomic E-state index is 0.0704. The monoisotopic (exact) mass is 608 g/mol. The summed E-state index contributed by atoms with van der Waals surface area (Å²) in [5, 5.41) is 14.8. The van der Waals surface area contributed by atoms with Crippen molar-refractivity contribution < 1.29 is 24.2 Å². The van der Waals surface area contributed by atoms with Gasteiger partial charge in [-0.2, -0.15) is 0 Å². The molecule has 45 heavy (non-hydrogen) atoms. The third-order valence-electron chi connectivity index (χ3n) is 9.02. The summed E-state index contributed by atoms with van der Waals surface area (Å²) in [6.07, 6.45) is 5.86. The number of carbonyl (C=O) groups excluding carboxylic acids is 1. The van der Waals surface area contributed by atoms with Crippen LogP contribution in [0.2, 0.25) is 0 Å². The van der Waals surface area contributed by atoms with E-state index in [1.54, 1.807) is 25.4 Å². The summed E-state index contributed by atoms with van der Waals surface area (Å²) in [5.41, 5.74) is 6.68. The minimum atomic E-state index is -1.08. The fourth-order valence-electron chi connectivity index (χ4n) is 6.71. The summed E-state index contributed by atoms with van der Waals surface area (Å²) in [4.78, 5) is 34.4. The number of aryl methyl sites for hydroxylation is 1. The summed E-state index contributed by atoms with van der Waals surface area (Å²) >= 11 is 0. The van der Waals surface area contributed by atoms with Gasteiger partial charge in [-0.3, -0.25) is 9.69 Å². The molecule has 0 aliphatic carbocycles. The lowest BCUT2D eigenvalue weighted by Gasteiger charge is -2.40. The van der Waals surface area contributed by atoms with Crippen LogP contribution in [-0.4, -0.2) is 64.3 Å². The Morgan fingerprint density at radius 1 is 1.09 bits per heavy atom. The number of methoxy groups -OCH3 is 1. The van der Waals surface area contributed by atoms with Gasteiger partial charge in [0.05, 0.1) is 13.2 Å². The van der Waals surface area contributed by atoms with E-state index in [4.69, 9.17) is 9.47 Å². The maximum atomic E-state index is 13.2. The number of rotatable bonds is 11. The van der Waals surface area contributed by atoms with Crippen molar-refractivity contribution in [1.82, 2.24) is 20.2 Å². The predicted molar refractivity (Wildman–Crippen MR) is 175 cm³/mol. The first-order chi connectivity index (χ1) is 21.9. The topological polar surface area (TPSA) is 120 Å². The van der Waals surface area contributed by atoms with Crippen LogP contribution in [0.1, 0.15) is 58.4 Å². The number of amides is 1. The molecule has 1 saturated heterocycles. The number of carbonyl (C=O) groups is 2. The molecule has 3 atom stereocenters. The first-order valence-corrected chi connectivity index (χ1v) is 15.5. The highest BCUT2D eigenvalue weighted by molar-refractivity contribution is 5.97. The Balaban J connectivity index is 1.21. The average molecular weight is 609 g/mol. The van der Waals surface area contributed by atoms with Crippen LogP contribution in [0.5, 0.6) is 5.75 Å². The number of carboxylic acid groups (broad SMARTS) is 1. The molecule has 234 valence electrons. The summed E-state index contributed by atoms with van der Waals surface area (Å²) < 4.78 is 11.9. The molecule has 2 aromatic heterocycles. The van der Waals surface area contributed by atoms with E-state index in [-0.39, 0.29) is 18.6 Å². The molecular formula is C36H40N4O5. The number of aliphatic carboxylic acids is 1. The summed E-state index contributed by atoms with van der Waals surface area (Å²) in [6.45, 7) is 6.33. The molecule has 9 heteroatoms. The van der Waals surface area contributed by atoms with Gasteiger partial charge in [0, 0.05) is 77.5 Å². The first kappa shape index (κ1) is 30.4. The lowest BCUT2D eigenvalue weighted by molar-refractivity contribution is -0.139. The van der Waals surface area contributed by atoms with E-state index in [2.05, 4.69) is 39.2 Å². The van der Waals surface area contributed by atoms with E-state index in [0.717, 1.165) is 69.2 Å². The van der Waals surface area contributed by atoms with Gasteiger partial charge < -0.3 is 29.9 Å². The second kappa shape index (κ2) is 13.2. The van der Waals surface area contributed by atoms with Crippen LogP contribution in [0.3, 0.4) is 0 Å². The standard InChI is InChI=1S/C36H40N4O5/c1-4-45-26-14-16-40(21-29-28-13-15-37-34(28)22(2)17-33(29)44-3)32(19-26)23-9-11-24(12-10-23)35(41)39-31(36(42)43)18-25-20-38-30-8-6-5-7-27(25)30/h5-13,15,17,20,26,31-32,37-38H,4,14,16,18-19,21H2,1-3H3,(H,39,41)(H,42,43)/t26-,31-,32-/m0/s1. The number of aromatic amines is 2. The molecule has 3 heterocycles. The van der Waals surface area contributed by atoms with E-state index in [1.807, 2.05) is 49.5 Å². The third kappa shape index (κ3) is 6.32. The van der Waals surface area contributed by atoms with Crippen LogP contribution in [-0.2, 0) is 22.5 Å². The van der Waals surface area contributed by atoms with Gasteiger partial charge in [-0.15, -0.1) is 0 Å². The Morgan fingerprint density at radius 2 is 1.89 bits per heavy atom. The number of hydrogen-bond acceptors (Lipinski definition) is 5. The highest BCUT2D eigenvalue weighted by Gasteiger charge is 2.31. The van der Waals surface area contributed by atoms with E-state index in [9.17, 15) is 14.7 Å². The highest BCUT2D eigenvalue weighted by atomic mass is 16.5. The number of ether oxygens (including phenoxy) is 2. The Kier molecular flexibility index (Phi) is 8.91. The van der Waals surface area contributed by atoms with E-state index >= 15 is 0 Å². The maximum Gasteiger partial charge on any atom is 0.326 e. The van der Waals surface area contributed by atoms with Crippen LogP contribution < -0.4 is 10.1 Å². The molecule has 1 amide bonds. The normalized spacial score (nSPS) is 17.8. The lowest BCUT2D eigenvalue weighted by atomic mass is 9.91. The number of likely N-dealkylation sites (tertiary alicyclic amines) is 1. The van der Waals surface area contributed by atoms with Gasteiger partial charge in [0.15, 0.2) is 0 Å². The van der Waals surface area contributed by atoms with Crippen molar-refractivity contribution in [1.29, 1.82) is 0 Å². The van der Waals surface area contributed by atoms with Gasteiger partial charge in [0.1, 0.15) is 11.8 Å². The van der Waals surface area contributed by atoms with Gasteiger partial charge in [-0.25, -0.2) is 4.79 Å². The van der Waals surface area contributed by atoms with Crippen molar-refractivity contribution >= 4 is 33.7 Å². The highest BCUT2D eigenvalue weighted by Crippen LogP contribution is 2.38. The quantitative estimate of drug-likeness (QED) is 0.143. The number of fused-ring (bicyclic) bond motifs is 2. The average Bonchev–Trinajstić information content (AvgIpc) is 3.71. The van der Waals surface area contributed by atoms with Gasteiger partial charge in [0.25, 0.3) is 5.91 Å². The Labute approximate surface area is 262 Å². The van der Waals surface area contributed by atoms with Gasteiger partial charge >= 0.3 is 5.97 Å². The van der Waals surface area contributed by atoms with Crippen molar-refractivity contribution in [3.05, 3.63) is 101 Å². The Hall–Kier alpha value is -4.60. The molecule has 6 rings (SSSR count). The number of H-pyrrole nitrogens is 2. The van der Waals surface area contributed by atoms with Crippen LogP contribution in [0.25, 0.3) is 21.8 Å². The van der Waals surface area contributed by atoms with E-state index in [0.29, 0.717) is 18.7 Å². The fourth-order valence-corrected chi connectivity index (χ4v) is 6.71. The molecule has 0 bridgehead atoms. The van der Waals surface area contributed by atoms with Gasteiger partial charge in [-0.05, 0) is 73.7 Å². The van der Waals surface area contributed by atoms with Gasteiger partial charge in [0.2, 0.25) is 0 Å². The zero-order chi connectivity index (χ0) is 31.5. The minimum Gasteiger partial charge on any atom is -0.496 e. The Morgan fingerprint density at radius 3 is 2.64 bits per heavy atom. The SMILES string of the molecule is CCO[C@H]1CCN(Cc2c(OC)cc(C)c3[nH]ccc23)[C@H](c2ccc(C(=O)N[C@@H](Cc3c[nH]c4ccccc34)C(=O)O)cc2)C1. The number of benzene rings is 3. The first-order valence-electron chi connectivity index (χ1n) is 15.5. The van der Waals surface area contributed by atoms with Crippen LogP contribution in [0.4, 0.5) is 0 Å². The molecule has 1 fully saturated rings. The number of nitrogens with zero attached hydrogens (tertiary/aromatic N) is 1. The summed E-state index contributed by atoms with van der Waals surface area (Å²) in [5.74, 6) is -0.619. The lowest BCUT2D eigenvalue weighted by Crippen LogP contribution is -2.42. The molecule has 3 aromatic carbocycles. The summed E-state index contributed by atoms with van der Waals surface area (Å²) in [7, 11) is 1.72. The van der Waals surface area contributed by atoms with E-state index in [1.165, 1.54) is 0 Å². The zero-order valence-corrected chi connectivity index (χ0v) is 25.9. The van der Waals surface area contributed by atoms with Crippen LogP contribution in [0.15, 0.2) is 73.1 Å². The molecule has 1 aliphatic heterocycles. The van der Waals surface area contributed by atoms with Crippen LogP contribution >= 0.6 is 0 Å². The number of nitrogens with one attached hydrogen (secondary N) is 3. The molecule has 0 radical (unpaired) electrons. The molecular weight excluding hydrogens is 568 g/mol. The molecule has 0 spiro atoms. The van der Waals surface area contributed by atoms with Crippen molar-refractivity contribution in [3.8, 4) is 5.75 Å². The molecule has 9 nitrogen and oxygen atoms in total. The van der Waals surface area contributed by atoms with Gasteiger partial charge in [-0.1, -0.05) is 30.3 Å². The summed E-state index contributed by atoms with van der Waals surface area (Å²) in [6, 6.07) is 18.5. The maximum absolute atomic E-state index is 13.2. The van der Waals surface area contributed by atoms with E-state index < -0.39 is 17.9 Å². The van der Waals surface area contributed by atoms with Crippen molar-refractivity contribution in [2.75, 3.05) is 20.3 Å². The fraction of sp³-hybridized carbons (Fsp3) is 0.333. The van der Waals surface area contributed by atoms with Crippen molar-refractivity contribution in [2.45, 2.75) is 57.8 Å². The molecule has 5 aromatic rings. The smallest absolute Gasteiger partial charge is 0.326 e. The number of para-hydroxylation sites is 1. The predicted octanol–water partition coefficient (Wildman–Crippen LogP) is 6.13. The second-order valence-electron chi connectivity index (χ2n) is 11.8. The largest absolute Gasteiger partial charge is 0.496 e. The van der Waals surface area contributed by atoms with Crippen LogP contribution in [0, 0.1) is 6.92 Å². The third-order valence-corrected chi connectivity index (χ3v) is 9.02. The molecule has 4 N–H and O–H groups in total. The molecule has 0 saturated carbocycles. The van der Waals surface area contributed by atoms with Crippen molar-refractivity contribution in [3.63, 3.8) is 0 Å². The molecule has 0 unspecified atom stereocenters. The number of piperidine rings is 1. The number of aromatic nitrogens is 2. The zero-order valence-electron chi connectivity index (χ0n) is 25.9. The molecule has 1 aliphatic rings. The number of hydrogen-bond donors (Lipinski definition) is 4. The number of carboxylic acids is 1. The van der Waals surface area contributed by atoms with Crippen molar-refractivity contribution in [2.24, 2.45) is 0 Å². The Bertz CT molecular complexity index is 1810. The second-order valence-corrected chi connectivity index (χ2v) is 11.8.